The third-order valence-corrected chi connectivity index (χ3v) is 1.64. The summed E-state index contributed by atoms with van der Waals surface area (Å²) in [6, 6.07) is 3.12. The normalized spacial score (nSPS) is 18.9. The predicted molar refractivity (Wildman–Crippen MR) is 45.4 cm³/mol. The summed E-state index contributed by atoms with van der Waals surface area (Å²) in [6.07, 6.45) is 3.31. The van der Waals surface area contributed by atoms with Crippen LogP contribution in [-0.2, 0) is 4.79 Å². The van der Waals surface area contributed by atoms with E-state index in [1.54, 1.807) is 24.4 Å². The fourth-order valence-electron chi connectivity index (χ4n) is 1.07. The summed E-state index contributed by atoms with van der Waals surface area (Å²) in [5, 5.41) is 4.49. The predicted octanol–water partition coefficient (Wildman–Crippen LogP) is 0.195. The van der Waals surface area contributed by atoms with Crippen molar-refractivity contribution in [2.45, 2.75) is 0 Å². The molecule has 5 nitrogen and oxygen atoms in total. The molecule has 1 saturated heterocycles. The third kappa shape index (κ3) is 1.44. The Hall–Kier alpha value is -2.04. The Labute approximate surface area is 73.8 Å². The van der Waals surface area contributed by atoms with Crippen molar-refractivity contribution >= 4 is 18.0 Å². The van der Waals surface area contributed by atoms with Crippen LogP contribution in [-0.4, -0.2) is 16.9 Å². The molecule has 1 aliphatic rings. The Kier molecular flexibility index (Phi) is 1.63. The Bertz CT molecular complexity index is 378. The lowest BCUT2D eigenvalue weighted by atomic mass is 10.3. The summed E-state index contributed by atoms with van der Waals surface area (Å²) in [4.78, 5) is 24.6. The first-order valence-electron chi connectivity index (χ1n) is 3.73. The van der Waals surface area contributed by atoms with Gasteiger partial charge in [0, 0.05) is 11.9 Å². The molecule has 13 heavy (non-hydrogen) atoms. The molecule has 1 fully saturated rings. The van der Waals surface area contributed by atoms with Gasteiger partial charge < -0.3 is 10.3 Å². The van der Waals surface area contributed by atoms with Crippen molar-refractivity contribution in [2.75, 3.05) is 0 Å². The molecule has 0 bridgehead atoms. The average Bonchev–Trinajstić information content (AvgIpc) is 2.63. The van der Waals surface area contributed by atoms with E-state index in [9.17, 15) is 9.59 Å². The Balaban J connectivity index is 2.27. The molecule has 0 saturated carbocycles. The molecule has 0 aliphatic carbocycles. The molecule has 0 spiro atoms. The van der Waals surface area contributed by atoms with E-state index in [1.807, 2.05) is 0 Å². The van der Waals surface area contributed by atoms with Crippen LogP contribution in [0.4, 0.5) is 4.79 Å². The minimum absolute atomic E-state index is 0.257. The largest absolute Gasteiger partial charge is 0.362 e. The van der Waals surface area contributed by atoms with Gasteiger partial charge in [0.15, 0.2) is 0 Å². The van der Waals surface area contributed by atoms with Gasteiger partial charge in [0.05, 0.1) is 0 Å². The molecule has 1 aromatic heterocycles. The highest BCUT2D eigenvalue weighted by atomic mass is 16.2. The van der Waals surface area contributed by atoms with Crippen LogP contribution in [0.1, 0.15) is 5.69 Å². The standard InChI is InChI=1S/C8H7N3O2/c12-7-6(10-8(13)11-7)4-5-2-1-3-9-5/h1-4,9H,(H2,10,11,12,13). The minimum atomic E-state index is -0.484. The fraction of sp³-hybridized carbons (Fsp3) is 0. The van der Waals surface area contributed by atoms with Gasteiger partial charge in [-0.3, -0.25) is 10.1 Å². The van der Waals surface area contributed by atoms with Crippen LogP contribution in [0.15, 0.2) is 24.0 Å². The van der Waals surface area contributed by atoms with Gasteiger partial charge in [-0.2, -0.15) is 0 Å². The van der Waals surface area contributed by atoms with Crippen LogP contribution in [0.2, 0.25) is 0 Å². The van der Waals surface area contributed by atoms with Crippen molar-refractivity contribution in [3.8, 4) is 0 Å². The first-order valence-corrected chi connectivity index (χ1v) is 3.73. The lowest BCUT2D eigenvalue weighted by Crippen LogP contribution is -2.22. The summed E-state index contributed by atoms with van der Waals surface area (Å²) in [7, 11) is 0. The van der Waals surface area contributed by atoms with Crippen LogP contribution in [0.25, 0.3) is 6.08 Å². The highest BCUT2D eigenvalue weighted by molar-refractivity contribution is 6.13. The molecule has 0 radical (unpaired) electrons. The summed E-state index contributed by atoms with van der Waals surface area (Å²) < 4.78 is 0. The third-order valence-electron chi connectivity index (χ3n) is 1.64. The van der Waals surface area contributed by atoms with E-state index in [-0.39, 0.29) is 5.70 Å². The number of nitrogens with one attached hydrogen (secondary N) is 3. The second-order valence-corrected chi connectivity index (χ2v) is 2.59. The molecular formula is C8H7N3O2. The van der Waals surface area contributed by atoms with Crippen LogP contribution >= 0.6 is 0 Å². The van der Waals surface area contributed by atoms with E-state index in [1.165, 1.54) is 0 Å². The van der Waals surface area contributed by atoms with Crippen LogP contribution in [0, 0.1) is 0 Å². The molecule has 0 unspecified atom stereocenters. The number of aromatic nitrogens is 1. The molecule has 3 N–H and O–H groups in total. The zero-order valence-corrected chi connectivity index (χ0v) is 6.63. The molecular weight excluding hydrogens is 170 g/mol. The number of hydrogen-bond donors (Lipinski definition) is 3. The zero-order valence-electron chi connectivity index (χ0n) is 6.63. The highest BCUT2D eigenvalue weighted by Gasteiger charge is 2.22. The molecule has 1 aromatic rings. The molecule has 66 valence electrons. The maximum Gasteiger partial charge on any atom is 0.326 e. The average molecular weight is 177 g/mol. The molecule has 5 heteroatoms. The second-order valence-electron chi connectivity index (χ2n) is 2.59. The fourth-order valence-corrected chi connectivity index (χ4v) is 1.07. The van der Waals surface area contributed by atoms with Crippen molar-refractivity contribution in [3.05, 3.63) is 29.7 Å². The van der Waals surface area contributed by atoms with Gasteiger partial charge in [-0.05, 0) is 18.2 Å². The number of rotatable bonds is 1. The van der Waals surface area contributed by atoms with Crippen molar-refractivity contribution in [1.29, 1.82) is 0 Å². The lowest BCUT2D eigenvalue weighted by Gasteiger charge is -1.90. The number of urea groups is 1. The Morgan fingerprint density at radius 3 is 2.62 bits per heavy atom. The van der Waals surface area contributed by atoms with Crippen LogP contribution in [0.5, 0.6) is 0 Å². The van der Waals surface area contributed by atoms with E-state index >= 15 is 0 Å². The van der Waals surface area contributed by atoms with Gasteiger partial charge in [0.25, 0.3) is 5.91 Å². The molecule has 2 rings (SSSR count). The molecule has 2 heterocycles. The second kappa shape index (κ2) is 2.78. The monoisotopic (exact) mass is 177 g/mol. The Morgan fingerprint density at radius 2 is 2.08 bits per heavy atom. The van der Waals surface area contributed by atoms with Crippen molar-refractivity contribution in [1.82, 2.24) is 15.6 Å². The summed E-state index contributed by atoms with van der Waals surface area (Å²) in [6.45, 7) is 0. The van der Waals surface area contributed by atoms with E-state index in [0.29, 0.717) is 0 Å². The topological polar surface area (TPSA) is 74.0 Å². The van der Waals surface area contributed by atoms with Gasteiger partial charge in [0.2, 0.25) is 0 Å². The number of carbonyl (C=O) groups excluding carboxylic acids is 2. The molecule has 3 amide bonds. The van der Waals surface area contributed by atoms with Crippen molar-refractivity contribution in [2.24, 2.45) is 0 Å². The summed E-state index contributed by atoms with van der Waals surface area (Å²) >= 11 is 0. The number of carbonyl (C=O) groups is 2. The van der Waals surface area contributed by atoms with E-state index in [4.69, 9.17) is 0 Å². The molecule has 0 atom stereocenters. The van der Waals surface area contributed by atoms with Gasteiger partial charge in [-0.25, -0.2) is 4.79 Å². The first-order chi connectivity index (χ1) is 6.25. The van der Waals surface area contributed by atoms with Gasteiger partial charge in [-0.1, -0.05) is 0 Å². The number of hydrogen-bond acceptors (Lipinski definition) is 2. The quantitative estimate of drug-likeness (QED) is 0.423. The smallest absolute Gasteiger partial charge is 0.326 e. The van der Waals surface area contributed by atoms with E-state index < -0.39 is 11.9 Å². The number of amides is 3. The van der Waals surface area contributed by atoms with Crippen LogP contribution < -0.4 is 10.6 Å². The van der Waals surface area contributed by atoms with Crippen LogP contribution in [0.3, 0.4) is 0 Å². The minimum Gasteiger partial charge on any atom is -0.362 e. The number of imide groups is 1. The first kappa shape index (κ1) is 7.60. The van der Waals surface area contributed by atoms with Gasteiger partial charge in [0.1, 0.15) is 5.70 Å². The maximum atomic E-state index is 11.0. The Morgan fingerprint density at radius 1 is 1.23 bits per heavy atom. The maximum absolute atomic E-state index is 11.0. The number of aromatic amines is 1. The summed E-state index contributed by atoms with van der Waals surface area (Å²) in [5.74, 6) is -0.403. The van der Waals surface area contributed by atoms with Gasteiger partial charge >= 0.3 is 6.03 Å². The zero-order chi connectivity index (χ0) is 9.26. The molecule has 1 aliphatic heterocycles. The van der Waals surface area contributed by atoms with Crippen molar-refractivity contribution < 1.29 is 9.59 Å². The SMILES string of the molecule is O=C1NC(=O)C(=Cc2ccc[nH]2)N1. The van der Waals surface area contributed by atoms with Gasteiger partial charge in [-0.15, -0.1) is 0 Å². The summed E-state index contributed by atoms with van der Waals surface area (Å²) in [5.41, 5.74) is 1.03. The van der Waals surface area contributed by atoms with E-state index in [2.05, 4.69) is 15.6 Å². The van der Waals surface area contributed by atoms with E-state index in [0.717, 1.165) is 5.69 Å². The van der Waals surface area contributed by atoms with Crippen molar-refractivity contribution in [3.63, 3.8) is 0 Å². The lowest BCUT2D eigenvalue weighted by molar-refractivity contribution is -0.115. The number of H-pyrrole nitrogens is 1. The molecule has 0 aromatic carbocycles. The highest BCUT2D eigenvalue weighted by Crippen LogP contribution is 2.04.